The lowest BCUT2D eigenvalue weighted by atomic mass is 9.94. The van der Waals surface area contributed by atoms with Crippen molar-refractivity contribution in [1.82, 2.24) is 4.90 Å². The molecule has 0 saturated heterocycles. The quantitative estimate of drug-likeness (QED) is 0.285. The zero-order valence-corrected chi connectivity index (χ0v) is 17.5. The molecule has 0 aliphatic carbocycles. The molecule has 7 heteroatoms. The van der Waals surface area contributed by atoms with Crippen molar-refractivity contribution in [3.05, 3.63) is 89.8 Å². The molecule has 0 spiro atoms. The van der Waals surface area contributed by atoms with E-state index in [1.807, 2.05) is 6.07 Å². The Morgan fingerprint density at radius 2 is 1.97 bits per heavy atom. The number of nitrogens with zero attached hydrogens (tertiary/aromatic N) is 2. The molecule has 0 N–H and O–H groups in total. The molecule has 1 aliphatic heterocycles. The molecule has 1 aromatic carbocycles. The Morgan fingerprint density at radius 1 is 1.19 bits per heavy atom. The van der Waals surface area contributed by atoms with Crippen LogP contribution in [-0.2, 0) is 14.3 Å². The average Bonchev–Trinajstić information content (AvgIpc) is 3.27. The van der Waals surface area contributed by atoms with E-state index in [-0.39, 0.29) is 29.9 Å². The van der Waals surface area contributed by atoms with Gasteiger partial charge in [-0.15, -0.1) is 6.58 Å². The summed E-state index contributed by atoms with van der Waals surface area (Å²) in [7, 11) is 0. The fourth-order valence-electron chi connectivity index (χ4n) is 3.17. The summed E-state index contributed by atoms with van der Waals surface area (Å²) in [6.07, 6.45) is 4.39. The molecule has 0 radical (unpaired) electrons. The highest BCUT2D eigenvalue weighted by Crippen LogP contribution is 2.29. The van der Waals surface area contributed by atoms with Gasteiger partial charge in [-0.1, -0.05) is 30.9 Å². The second-order valence-electron chi connectivity index (χ2n) is 6.85. The van der Waals surface area contributed by atoms with Gasteiger partial charge in [0.15, 0.2) is 0 Å². The molecule has 1 aromatic heterocycles. The molecule has 2 heterocycles. The number of hydrogen-bond acceptors (Lipinski definition) is 6. The van der Waals surface area contributed by atoms with Crippen LogP contribution in [0, 0.1) is 11.3 Å². The van der Waals surface area contributed by atoms with Gasteiger partial charge in [0.25, 0.3) is 11.8 Å². The lowest BCUT2D eigenvalue weighted by Gasteiger charge is -2.26. The summed E-state index contributed by atoms with van der Waals surface area (Å²) >= 11 is 0. The number of esters is 1. The van der Waals surface area contributed by atoms with Crippen molar-refractivity contribution in [2.75, 3.05) is 13.2 Å². The van der Waals surface area contributed by atoms with Crippen molar-refractivity contribution in [3.63, 3.8) is 0 Å². The van der Waals surface area contributed by atoms with Crippen molar-refractivity contribution in [2.24, 2.45) is 0 Å². The van der Waals surface area contributed by atoms with Crippen molar-refractivity contribution in [1.29, 1.82) is 5.26 Å². The standard InChI is InChI=1S/C25H20N2O5/c1-4-11-27-23(28)20(16(3)21(15-26)24(27)29)14-19-9-10-22(32-19)17-7-6-8-18(13-17)25(30)31-12-5-2/h4-10,13-14H,1-2,11-12H2,3H3/b20-14+. The van der Waals surface area contributed by atoms with Gasteiger partial charge in [-0.3, -0.25) is 14.5 Å². The molecule has 0 fully saturated rings. The number of hydrogen-bond donors (Lipinski definition) is 0. The van der Waals surface area contributed by atoms with Crippen LogP contribution in [0.5, 0.6) is 0 Å². The summed E-state index contributed by atoms with van der Waals surface area (Å²) in [6.45, 7) is 8.72. The monoisotopic (exact) mass is 428 g/mol. The minimum Gasteiger partial charge on any atom is -0.458 e. The number of benzene rings is 1. The van der Waals surface area contributed by atoms with E-state index < -0.39 is 17.8 Å². The highest BCUT2D eigenvalue weighted by Gasteiger charge is 2.34. The SMILES string of the molecule is C=CCOC(=O)c1cccc(-c2ccc(/C=C3/C(=O)N(CC=C)C(=O)C(C#N)=C3C)o2)c1. The molecule has 2 amide bonds. The minimum atomic E-state index is -0.646. The van der Waals surface area contributed by atoms with Crippen LogP contribution in [0.25, 0.3) is 17.4 Å². The molecule has 0 bridgehead atoms. The Balaban J connectivity index is 1.95. The number of rotatable bonds is 7. The zero-order valence-electron chi connectivity index (χ0n) is 17.5. The number of amides is 2. The fraction of sp³-hybridized carbons (Fsp3) is 0.120. The average molecular weight is 428 g/mol. The summed E-state index contributed by atoms with van der Waals surface area (Å²) in [6, 6.07) is 12.0. The van der Waals surface area contributed by atoms with E-state index in [0.29, 0.717) is 22.6 Å². The predicted molar refractivity (Wildman–Crippen MR) is 118 cm³/mol. The third-order valence-electron chi connectivity index (χ3n) is 4.77. The number of carbonyl (C=O) groups excluding carboxylic acids is 3. The van der Waals surface area contributed by atoms with Gasteiger partial charge in [0.05, 0.1) is 5.56 Å². The smallest absolute Gasteiger partial charge is 0.338 e. The van der Waals surface area contributed by atoms with E-state index in [1.165, 1.54) is 18.2 Å². The first-order chi connectivity index (χ1) is 15.4. The molecular weight excluding hydrogens is 408 g/mol. The molecule has 0 unspecified atom stereocenters. The van der Waals surface area contributed by atoms with Crippen molar-refractivity contribution < 1.29 is 23.5 Å². The molecule has 1 aliphatic rings. The van der Waals surface area contributed by atoms with Crippen LogP contribution in [-0.4, -0.2) is 35.8 Å². The highest BCUT2D eigenvalue weighted by atomic mass is 16.5. The largest absolute Gasteiger partial charge is 0.458 e. The van der Waals surface area contributed by atoms with E-state index in [9.17, 15) is 19.6 Å². The van der Waals surface area contributed by atoms with Gasteiger partial charge >= 0.3 is 5.97 Å². The normalized spacial score (nSPS) is 15.0. The first-order valence-electron chi connectivity index (χ1n) is 9.69. The first kappa shape index (κ1) is 22.2. The second-order valence-corrected chi connectivity index (χ2v) is 6.85. The molecule has 7 nitrogen and oxygen atoms in total. The predicted octanol–water partition coefficient (Wildman–Crippen LogP) is 4.07. The number of carbonyl (C=O) groups is 3. The van der Waals surface area contributed by atoms with Gasteiger partial charge in [-0.25, -0.2) is 4.79 Å². The van der Waals surface area contributed by atoms with Crippen LogP contribution in [0.15, 0.2) is 82.8 Å². The second kappa shape index (κ2) is 9.58. The van der Waals surface area contributed by atoms with Crippen LogP contribution >= 0.6 is 0 Å². The first-order valence-corrected chi connectivity index (χ1v) is 9.69. The molecule has 3 rings (SSSR count). The summed E-state index contributed by atoms with van der Waals surface area (Å²) in [5.41, 5.74) is 1.37. The Morgan fingerprint density at radius 3 is 2.66 bits per heavy atom. The maximum Gasteiger partial charge on any atom is 0.338 e. The minimum absolute atomic E-state index is 0.00832. The van der Waals surface area contributed by atoms with Gasteiger partial charge in [0.1, 0.15) is 29.8 Å². The third-order valence-corrected chi connectivity index (χ3v) is 4.77. The van der Waals surface area contributed by atoms with E-state index in [4.69, 9.17) is 9.15 Å². The Bertz CT molecular complexity index is 1220. The van der Waals surface area contributed by atoms with E-state index in [0.717, 1.165) is 4.90 Å². The molecule has 0 saturated carbocycles. The molecular formula is C25H20N2O5. The van der Waals surface area contributed by atoms with Crippen LogP contribution in [0.4, 0.5) is 0 Å². The molecule has 0 atom stereocenters. The summed E-state index contributed by atoms with van der Waals surface area (Å²) in [5, 5.41) is 9.38. The Hall–Kier alpha value is -4.44. The lowest BCUT2D eigenvalue weighted by Crippen LogP contribution is -2.42. The summed E-state index contributed by atoms with van der Waals surface area (Å²) in [5.74, 6) is -0.832. The van der Waals surface area contributed by atoms with E-state index >= 15 is 0 Å². The van der Waals surface area contributed by atoms with E-state index in [2.05, 4.69) is 13.2 Å². The van der Waals surface area contributed by atoms with E-state index in [1.54, 1.807) is 43.3 Å². The Kier molecular flexibility index (Phi) is 6.66. The lowest BCUT2D eigenvalue weighted by molar-refractivity contribution is -0.139. The molecule has 2 aromatic rings. The Labute approximate surface area is 185 Å². The van der Waals surface area contributed by atoms with Crippen molar-refractivity contribution in [2.45, 2.75) is 6.92 Å². The third kappa shape index (κ3) is 4.35. The van der Waals surface area contributed by atoms with Crippen molar-refractivity contribution >= 4 is 23.9 Å². The molecule has 32 heavy (non-hydrogen) atoms. The topological polar surface area (TPSA) is 101 Å². The van der Waals surface area contributed by atoms with Crippen LogP contribution in [0.2, 0.25) is 0 Å². The van der Waals surface area contributed by atoms with Gasteiger partial charge in [0, 0.05) is 17.7 Å². The number of nitriles is 1. The van der Waals surface area contributed by atoms with Gasteiger partial charge in [0.2, 0.25) is 0 Å². The van der Waals surface area contributed by atoms with Crippen LogP contribution < -0.4 is 0 Å². The van der Waals surface area contributed by atoms with Crippen molar-refractivity contribution in [3.8, 4) is 17.4 Å². The van der Waals surface area contributed by atoms with Gasteiger partial charge in [-0.2, -0.15) is 5.26 Å². The fourth-order valence-corrected chi connectivity index (χ4v) is 3.17. The van der Waals surface area contributed by atoms with Gasteiger partial charge < -0.3 is 9.15 Å². The molecule has 160 valence electrons. The summed E-state index contributed by atoms with van der Waals surface area (Å²) in [4.78, 5) is 38.3. The van der Waals surface area contributed by atoms with Crippen LogP contribution in [0.3, 0.4) is 0 Å². The van der Waals surface area contributed by atoms with Gasteiger partial charge in [-0.05, 0) is 42.8 Å². The maximum absolute atomic E-state index is 12.8. The number of ether oxygens (including phenoxy) is 1. The maximum atomic E-state index is 12.8. The number of imide groups is 1. The van der Waals surface area contributed by atoms with Crippen LogP contribution in [0.1, 0.15) is 23.0 Å². The summed E-state index contributed by atoms with van der Waals surface area (Å²) < 4.78 is 10.9. The number of furan rings is 1. The zero-order chi connectivity index (χ0) is 23.3. The highest BCUT2D eigenvalue weighted by molar-refractivity contribution is 6.19.